The number of hydrogen-bond acceptors (Lipinski definition) is 4. The van der Waals surface area contributed by atoms with E-state index in [0.717, 1.165) is 6.42 Å². The van der Waals surface area contributed by atoms with Crippen LogP contribution in [-0.2, 0) is 9.53 Å². The van der Waals surface area contributed by atoms with Crippen LogP contribution in [0.2, 0.25) is 10.0 Å². The van der Waals surface area contributed by atoms with Crippen molar-refractivity contribution in [2.45, 2.75) is 25.8 Å². The summed E-state index contributed by atoms with van der Waals surface area (Å²) in [6.45, 7) is 2.50. The second-order valence-corrected chi connectivity index (χ2v) is 7.98. The molecule has 7 nitrogen and oxygen atoms in total. The van der Waals surface area contributed by atoms with Gasteiger partial charge in [-0.1, -0.05) is 23.2 Å². The number of likely N-dealkylation sites (tertiary alicyclic amines) is 1. The molecule has 0 aliphatic carbocycles. The molecule has 0 saturated carbocycles. The lowest BCUT2D eigenvalue weighted by Gasteiger charge is -2.24. The Morgan fingerprint density at radius 3 is 2.39 bits per heavy atom. The van der Waals surface area contributed by atoms with Gasteiger partial charge in [-0.15, -0.1) is 0 Å². The zero-order valence-corrected chi connectivity index (χ0v) is 18.7. The quantitative estimate of drug-likeness (QED) is 0.688. The van der Waals surface area contributed by atoms with E-state index in [1.807, 2.05) is 0 Å². The average Bonchev–Trinajstić information content (AvgIpc) is 3.22. The molecule has 0 aromatic heterocycles. The van der Waals surface area contributed by atoms with Crippen molar-refractivity contribution in [3.05, 3.63) is 58.1 Å². The van der Waals surface area contributed by atoms with Gasteiger partial charge in [0.2, 0.25) is 5.91 Å². The van der Waals surface area contributed by atoms with Crippen LogP contribution in [0, 0.1) is 0 Å². The van der Waals surface area contributed by atoms with E-state index in [4.69, 9.17) is 27.9 Å². The molecule has 3 rings (SSSR count). The summed E-state index contributed by atoms with van der Waals surface area (Å²) >= 11 is 12.0. The molecule has 3 amide bonds. The van der Waals surface area contributed by atoms with E-state index in [-0.39, 0.29) is 18.4 Å². The number of carbonyl (C=O) groups excluding carboxylic acids is 3. The number of benzene rings is 2. The Hall–Kier alpha value is -2.77. The topological polar surface area (TPSA) is 79.0 Å². The van der Waals surface area contributed by atoms with Gasteiger partial charge in [0, 0.05) is 40.6 Å². The normalized spacial score (nSPS) is 15.5. The van der Waals surface area contributed by atoms with Crippen LogP contribution in [0.1, 0.15) is 30.1 Å². The van der Waals surface area contributed by atoms with Gasteiger partial charge >= 0.3 is 6.09 Å². The molecule has 1 unspecified atom stereocenters. The van der Waals surface area contributed by atoms with Gasteiger partial charge < -0.3 is 15.0 Å². The highest BCUT2D eigenvalue weighted by molar-refractivity contribution is 6.35. The number of amides is 3. The van der Waals surface area contributed by atoms with Crippen molar-refractivity contribution < 1.29 is 19.1 Å². The summed E-state index contributed by atoms with van der Waals surface area (Å²) in [4.78, 5) is 40.5. The van der Waals surface area contributed by atoms with Gasteiger partial charge in [-0.25, -0.2) is 4.79 Å². The first kappa shape index (κ1) is 22.9. The van der Waals surface area contributed by atoms with Gasteiger partial charge in [0.25, 0.3) is 5.91 Å². The highest BCUT2D eigenvalue weighted by Gasteiger charge is 2.34. The molecule has 1 aliphatic rings. The molecular weight excluding hydrogens is 441 g/mol. The summed E-state index contributed by atoms with van der Waals surface area (Å²) < 4.78 is 4.97. The number of hydrogen-bond donors (Lipinski definition) is 1. The van der Waals surface area contributed by atoms with E-state index >= 15 is 0 Å². The molecule has 1 atom stereocenters. The Bertz CT molecular complexity index is 961. The zero-order chi connectivity index (χ0) is 22.5. The van der Waals surface area contributed by atoms with Crippen LogP contribution in [0.3, 0.4) is 0 Å². The Kier molecular flexibility index (Phi) is 7.41. The number of nitrogens with one attached hydrogen (secondary N) is 1. The fourth-order valence-electron chi connectivity index (χ4n) is 3.45. The molecule has 0 bridgehead atoms. The van der Waals surface area contributed by atoms with Crippen molar-refractivity contribution in [3.63, 3.8) is 0 Å². The van der Waals surface area contributed by atoms with Crippen molar-refractivity contribution >= 4 is 52.5 Å². The smallest absolute Gasteiger partial charge is 0.413 e. The molecule has 1 fully saturated rings. The summed E-state index contributed by atoms with van der Waals surface area (Å²) in [7, 11) is 1.61. The summed E-state index contributed by atoms with van der Waals surface area (Å²) in [6.07, 6.45) is 0.831. The Morgan fingerprint density at radius 1 is 1.13 bits per heavy atom. The summed E-state index contributed by atoms with van der Waals surface area (Å²) in [6, 6.07) is 10.9. The summed E-state index contributed by atoms with van der Waals surface area (Å²) in [5.74, 6) is -0.557. The predicted molar refractivity (Wildman–Crippen MR) is 121 cm³/mol. The van der Waals surface area contributed by atoms with Gasteiger partial charge in [-0.2, -0.15) is 0 Å². The minimum absolute atomic E-state index is 0.273. The van der Waals surface area contributed by atoms with Gasteiger partial charge in [0.1, 0.15) is 6.04 Å². The van der Waals surface area contributed by atoms with Crippen molar-refractivity contribution in [2.24, 2.45) is 0 Å². The van der Waals surface area contributed by atoms with Crippen molar-refractivity contribution in [3.8, 4) is 0 Å². The van der Waals surface area contributed by atoms with E-state index in [2.05, 4.69) is 5.32 Å². The third kappa shape index (κ3) is 5.48. The number of nitrogens with zero attached hydrogens (tertiary/aromatic N) is 2. The van der Waals surface area contributed by atoms with Crippen molar-refractivity contribution in [1.82, 2.24) is 4.90 Å². The van der Waals surface area contributed by atoms with Crippen LogP contribution >= 0.6 is 23.2 Å². The predicted octanol–water partition coefficient (Wildman–Crippen LogP) is 4.83. The van der Waals surface area contributed by atoms with E-state index in [1.165, 1.54) is 4.90 Å². The molecular formula is C22H23Cl2N3O4. The van der Waals surface area contributed by atoms with Gasteiger partial charge in [-0.05, 0) is 62.2 Å². The van der Waals surface area contributed by atoms with E-state index < -0.39 is 12.1 Å². The molecule has 0 radical (unpaired) electrons. The summed E-state index contributed by atoms with van der Waals surface area (Å²) in [5, 5.41) is 3.57. The standard InChI is InChI=1S/C22H23Cl2N3O4/c1-3-31-22(30)26(2)18-8-6-17(7-9-18)25-20(28)19-5-4-10-27(19)21(29)14-11-15(23)13-16(24)12-14/h6-9,11-13,19H,3-5,10H2,1-2H3,(H,25,28). The highest BCUT2D eigenvalue weighted by atomic mass is 35.5. The van der Waals surface area contributed by atoms with Crippen LogP contribution in [0.5, 0.6) is 0 Å². The molecule has 2 aromatic carbocycles. The SMILES string of the molecule is CCOC(=O)N(C)c1ccc(NC(=O)C2CCCN2C(=O)c2cc(Cl)cc(Cl)c2)cc1. The molecule has 0 spiro atoms. The lowest BCUT2D eigenvalue weighted by atomic mass is 10.1. The maximum Gasteiger partial charge on any atom is 0.413 e. The highest BCUT2D eigenvalue weighted by Crippen LogP contribution is 2.26. The Labute approximate surface area is 190 Å². The fraction of sp³-hybridized carbons (Fsp3) is 0.318. The minimum Gasteiger partial charge on any atom is -0.449 e. The monoisotopic (exact) mass is 463 g/mol. The average molecular weight is 464 g/mol. The summed E-state index contributed by atoms with van der Waals surface area (Å²) in [5.41, 5.74) is 1.55. The van der Waals surface area contributed by atoms with Gasteiger partial charge in [0.15, 0.2) is 0 Å². The van der Waals surface area contributed by atoms with Crippen molar-refractivity contribution in [2.75, 3.05) is 30.4 Å². The van der Waals surface area contributed by atoms with E-state index in [0.29, 0.717) is 39.9 Å². The molecule has 31 heavy (non-hydrogen) atoms. The molecule has 2 aromatic rings. The number of carbonyl (C=O) groups is 3. The molecule has 9 heteroatoms. The lowest BCUT2D eigenvalue weighted by Crippen LogP contribution is -2.43. The second-order valence-electron chi connectivity index (χ2n) is 7.11. The Balaban J connectivity index is 1.68. The third-order valence-electron chi connectivity index (χ3n) is 4.99. The van der Waals surface area contributed by atoms with E-state index in [9.17, 15) is 14.4 Å². The maximum atomic E-state index is 12.9. The molecule has 1 saturated heterocycles. The first-order chi connectivity index (χ1) is 14.8. The van der Waals surface area contributed by atoms with Crippen LogP contribution in [0.15, 0.2) is 42.5 Å². The number of ether oxygens (including phenoxy) is 1. The molecule has 1 aliphatic heterocycles. The molecule has 1 heterocycles. The van der Waals surface area contributed by atoms with E-state index in [1.54, 1.807) is 61.3 Å². The largest absolute Gasteiger partial charge is 0.449 e. The van der Waals surface area contributed by atoms with Crippen LogP contribution in [0.25, 0.3) is 0 Å². The number of halogens is 2. The zero-order valence-electron chi connectivity index (χ0n) is 17.2. The van der Waals surface area contributed by atoms with Gasteiger partial charge in [-0.3, -0.25) is 14.5 Å². The lowest BCUT2D eigenvalue weighted by molar-refractivity contribution is -0.119. The minimum atomic E-state index is -0.591. The maximum absolute atomic E-state index is 12.9. The van der Waals surface area contributed by atoms with Gasteiger partial charge in [0.05, 0.1) is 6.61 Å². The van der Waals surface area contributed by atoms with Crippen LogP contribution < -0.4 is 10.2 Å². The third-order valence-corrected chi connectivity index (χ3v) is 5.43. The molecule has 164 valence electrons. The number of anilines is 2. The first-order valence-corrected chi connectivity index (χ1v) is 10.6. The first-order valence-electron chi connectivity index (χ1n) is 9.88. The number of rotatable bonds is 5. The fourth-order valence-corrected chi connectivity index (χ4v) is 3.97. The van der Waals surface area contributed by atoms with Crippen LogP contribution in [-0.4, -0.2) is 49.0 Å². The Morgan fingerprint density at radius 2 is 1.77 bits per heavy atom. The second kappa shape index (κ2) is 10.0. The molecule has 1 N–H and O–H groups in total. The van der Waals surface area contributed by atoms with Crippen molar-refractivity contribution in [1.29, 1.82) is 0 Å². The van der Waals surface area contributed by atoms with Crippen LogP contribution in [0.4, 0.5) is 16.2 Å².